The van der Waals surface area contributed by atoms with E-state index in [4.69, 9.17) is 11.6 Å². The fourth-order valence-electron chi connectivity index (χ4n) is 2.81. The summed E-state index contributed by atoms with van der Waals surface area (Å²) in [6, 6.07) is 17.3. The molecule has 6 heteroatoms. The van der Waals surface area contributed by atoms with Crippen molar-refractivity contribution in [1.29, 1.82) is 0 Å². The van der Waals surface area contributed by atoms with Gasteiger partial charge >= 0.3 is 0 Å². The standard InChI is InChI=1S/C20H14ClN3O2/c21-15-7-8-16-17(10-15)23-20(26)18(11-22-16)24-19(25)14-6-5-12-3-1-2-4-13(12)9-14/h1-11,18H,(H,23,26)(H,24,25)/t18-/m1/s1. The Labute approximate surface area is 154 Å². The quantitative estimate of drug-likeness (QED) is 0.723. The largest absolute Gasteiger partial charge is 0.336 e. The topological polar surface area (TPSA) is 70.6 Å². The van der Waals surface area contributed by atoms with Crippen molar-refractivity contribution in [1.82, 2.24) is 5.32 Å². The van der Waals surface area contributed by atoms with E-state index in [9.17, 15) is 9.59 Å². The van der Waals surface area contributed by atoms with Crippen LogP contribution >= 0.6 is 11.6 Å². The average Bonchev–Trinajstić information content (AvgIpc) is 2.79. The van der Waals surface area contributed by atoms with Gasteiger partial charge in [0.05, 0.1) is 11.4 Å². The summed E-state index contributed by atoms with van der Waals surface area (Å²) in [7, 11) is 0. The van der Waals surface area contributed by atoms with Crippen molar-refractivity contribution in [2.75, 3.05) is 5.32 Å². The number of carbonyl (C=O) groups excluding carboxylic acids is 2. The molecule has 2 amide bonds. The third-order valence-electron chi connectivity index (χ3n) is 4.16. The van der Waals surface area contributed by atoms with Crippen molar-refractivity contribution in [2.24, 2.45) is 4.99 Å². The van der Waals surface area contributed by atoms with Crippen molar-refractivity contribution < 1.29 is 9.59 Å². The molecule has 26 heavy (non-hydrogen) atoms. The van der Waals surface area contributed by atoms with E-state index in [2.05, 4.69) is 15.6 Å². The second-order valence-corrected chi connectivity index (χ2v) is 6.38. The first-order chi connectivity index (χ1) is 12.6. The summed E-state index contributed by atoms with van der Waals surface area (Å²) in [6.07, 6.45) is 1.42. The predicted octanol–water partition coefficient (Wildman–Crippen LogP) is 3.95. The maximum atomic E-state index is 12.6. The Morgan fingerprint density at radius 3 is 2.69 bits per heavy atom. The van der Waals surface area contributed by atoms with E-state index in [-0.39, 0.29) is 11.8 Å². The molecule has 5 nitrogen and oxygen atoms in total. The lowest BCUT2D eigenvalue weighted by atomic mass is 10.1. The van der Waals surface area contributed by atoms with E-state index >= 15 is 0 Å². The molecular weight excluding hydrogens is 350 g/mol. The molecule has 1 aliphatic heterocycles. The van der Waals surface area contributed by atoms with Gasteiger partial charge in [0.15, 0.2) is 0 Å². The molecule has 1 atom stereocenters. The number of fused-ring (bicyclic) bond motifs is 2. The summed E-state index contributed by atoms with van der Waals surface area (Å²) in [5.74, 6) is -0.713. The van der Waals surface area contributed by atoms with Crippen molar-refractivity contribution in [3.8, 4) is 0 Å². The summed E-state index contributed by atoms with van der Waals surface area (Å²) in [4.78, 5) is 29.2. The van der Waals surface area contributed by atoms with Gasteiger partial charge in [-0.15, -0.1) is 0 Å². The van der Waals surface area contributed by atoms with Crippen molar-refractivity contribution in [2.45, 2.75) is 6.04 Å². The number of nitrogens with zero attached hydrogens (tertiary/aromatic N) is 1. The van der Waals surface area contributed by atoms with Crippen LogP contribution in [0.1, 0.15) is 10.4 Å². The molecule has 0 fully saturated rings. The zero-order valence-electron chi connectivity index (χ0n) is 13.6. The number of halogens is 1. The fourth-order valence-corrected chi connectivity index (χ4v) is 2.98. The van der Waals surface area contributed by atoms with E-state index < -0.39 is 6.04 Å². The number of anilines is 1. The van der Waals surface area contributed by atoms with Gasteiger partial charge in [-0.05, 0) is 41.1 Å². The summed E-state index contributed by atoms with van der Waals surface area (Å²) >= 11 is 5.95. The van der Waals surface area contributed by atoms with Crippen LogP contribution in [0.3, 0.4) is 0 Å². The molecule has 0 saturated carbocycles. The highest BCUT2D eigenvalue weighted by molar-refractivity contribution is 6.31. The van der Waals surface area contributed by atoms with Gasteiger partial charge in [-0.25, -0.2) is 0 Å². The van der Waals surface area contributed by atoms with Gasteiger partial charge in [0.25, 0.3) is 11.8 Å². The minimum absolute atomic E-state index is 0.341. The third-order valence-corrected chi connectivity index (χ3v) is 4.39. The molecule has 1 heterocycles. The van der Waals surface area contributed by atoms with E-state index in [1.165, 1.54) is 6.21 Å². The lowest BCUT2D eigenvalue weighted by Gasteiger charge is -2.13. The van der Waals surface area contributed by atoms with Crippen LogP contribution in [0.4, 0.5) is 11.4 Å². The van der Waals surface area contributed by atoms with Crippen molar-refractivity contribution in [3.05, 3.63) is 71.2 Å². The maximum absolute atomic E-state index is 12.6. The molecule has 0 aliphatic carbocycles. The SMILES string of the molecule is O=C(N[C@@H]1C=Nc2ccc(Cl)cc2NC1=O)c1ccc2ccccc2c1. The van der Waals surface area contributed by atoms with Crippen LogP contribution < -0.4 is 10.6 Å². The van der Waals surface area contributed by atoms with Crippen LogP contribution in [0.25, 0.3) is 10.8 Å². The number of hydrogen-bond donors (Lipinski definition) is 2. The van der Waals surface area contributed by atoms with Crippen LogP contribution in [0, 0.1) is 0 Å². The van der Waals surface area contributed by atoms with Gasteiger partial charge in [0.1, 0.15) is 6.04 Å². The molecule has 0 unspecified atom stereocenters. The Morgan fingerprint density at radius 1 is 1.04 bits per heavy atom. The highest BCUT2D eigenvalue weighted by Gasteiger charge is 2.23. The highest BCUT2D eigenvalue weighted by Crippen LogP contribution is 2.29. The first-order valence-corrected chi connectivity index (χ1v) is 8.42. The number of amides is 2. The molecule has 1 aliphatic rings. The summed E-state index contributed by atoms with van der Waals surface area (Å²) in [5.41, 5.74) is 1.58. The maximum Gasteiger partial charge on any atom is 0.252 e. The molecule has 2 N–H and O–H groups in total. The summed E-state index contributed by atoms with van der Waals surface area (Å²) in [6.45, 7) is 0. The van der Waals surface area contributed by atoms with Crippen molar-refractivity contribution >= 4 is 51.8 Å². The number of carbonyl (C=O) groups is 2. The summed E-state index contributed by atoms with van der Waals surface area (Å²) < 4.78 is 0. The van der Waals surface area contributed by atoms with Gasteiger partial charge < -0.3 is 10.6 Å². The summed E-state index contributed by atoms with van der Waals surface area (Å²) in [5, 5.41) is 7.95. The Balaban J connectivity index is 1.56. The van der Waals surface area contributed by atoms with Crippen molar-refractivity contribution in [3.63, 3.8) is 0 Å². The van der Waals surface area contributed by atoms with Crippen LogP contribution in [-0.4, -0.2) is 24.1 Å². The molecule has 0 radical (unpaired) electrons. The highest BCUT2D eigenvalue weighted by atomic mass is 35.5. The Hall–Kier alpha value is -3.18. The normalized spacial score (nSPS) is 15.9. The van der Waals surface area contributed by atoms with Crippen LogP contribution in [0.15, 0.2) is 65.7 Å². The molecule has 4 rings (SSSR count). The number of benzene rings is 3. The van der Waals surface area contributed by atoms with Crippen LogP contribution in [0.5, 0.6) is 0 Å². The fraction of sp³-hybridized carbons (Fsp3) is 0.0500. The first kappa shape index (κ1) is 16.3. The second-order valence-electron chi connectivity index (χ2n) is 5.94. The lowest BCUT2D eigenvalue weighted by Crippen LogP contribution is -2.44. The minimum atomic E-state index is -0.875. The zero-order valence-corrected chi connectivity index (χ0v) is 14.3. The number of aliphatic imine (C=N–C) groups is 1. The Kier molecular flexibility index (Phi) is 4.14. The van der Waals surface area contributed by atoms with E-state index in [0.717, 1.165) is 10.8 Å². The number of nitrogens with one attached hydrogen (secondary N) is 2. The molecule has 0 bridgehead atoms. The monoisotopic (exact) mass is 363 g/mol. The molecule has 0 spiro atoms. The van der Waals surface area contributed by atoms with Gasteiger partial charge in [-0.1, -0.05) is 41.9 Å². The van der Waals surface area contributed by atoms with E-state index in [1.807, 2.05) is 30.3 Å². The number of hydrogen-bond acceptors (Lipinski definition) is 3. The van der Waals surface area contributed by atoms with Gasteiger partial charge in [-0.2, -0.15) is 0 Å². The third kappa shape index (κ3) is 3.17. The van der Waals surface area contributed by atoms with Gasteiger partial charge in [0.2, 0.25) is 0 Å². The smallest absolute Gasteiger partial charge is 0.252 e. The van der Waals surface area contributed by atoms with E-state index in [1.54, 1.807) is 30.3 Å². The van der Waals surface area contributed by atoms with Crippen LogP contribution in [0.2, 0.25) is 5.02 Å². The van der Waals surface area contributed by atoms with Gasteiger partial charge in [0, 0.05) is 16.8 Å². The lowest BCUT2D eigenvalue weighted by molar-refractivity contribution is -0.116. The zero-order chi connectivity index (χ0) is 18.1. The molecule has 3 aromatic carbocycles. The molecule has 3 aromatic rings. The molecule has 0 saturated heterocycles. The molecule has 128 valence electrons. The average molecular weight is 364 g/mol. The van der Waals surface area contributed by atoms with E-state index in [0.29, 0.717) is 22.0 Å². The van der Waals surface area contributed by atoms with Crippen LogP contribution in [-0.2, 0) is 4.79 Å². The Bertz CT molecular complexity index is 1060. The molecular formula is C20H14ClN3O2. The van der Waals surface area contributed by atoms with Gasteiger partial charge in [-0.3, -0.25) is 14.6 Å². The minimum Gasteiger partial charge on any atom is -0.336 e. The Morgan fingerprint density at radius 2 is 1.85 bits per heavy atom. The second kappa shape index (κ2) is 6.61. The molecule has 0 aromatic heterocycles. The number of rotatable bonds is 2. The first-order valence-electron chi connectivity index (χ1n) is 8.04. The predicted molar refractivity (Wildman–Crippen MR) is 103 cm³/mol.